The SMILES string of the molecule is Cc1cccc(SCC(=O)c2ccc(C)s2)c1. The van der Waals surface area contributed by atoms with Crippen LogP contribution in [0.5, 0.6) is 0 Å². The molecule has 1 aromatic heterocycles. The summed E-state index contributed by atoms with van der Waals surface area (Å²) < 4.78 is 0. The summed E-state index contributed by atoms with van der Waals surface area (Å²) in [5, 5.41) is 0. The monoisotopic (exact) mass is 262 g/mol. The number of hydrogen-bond donors (Lipinski definition) is 0. The van der Waals surface area contributed by atoms with E-state index in [9.17, 15) is 4.79 Å². The van der Waals surface area contributed by atoms with Crippen molar-refractivity contribution >= 4 is 28.9 Å². The molecular weight excluding hydrogens is 248 g/mol. The van der Waals surface area contributed by atoms with Gasteiger partial charge in [-0.1, -0.05) is 17.7 Å². The highest BCUT2D eigenvalue weighted by molar-refractivity contribution is 8.00. The smallest absolute Gasteiger partial charge is 0.182 e. The molecule has 17 heavy (non-hydrogen) atoms. The van der Waals surface area contributed by atoms with Crippen LogP contribution >= 0.6 is 23.1 Å². The Morgan fingerprint density at radius 1 is 1.24 bits per heavy atom. The lowest BCUT2D eigenvalue weighted by atomic mass is 10.2. The van der Waals surface area contributed by atoms with Gasteiger partial charge in [-0.25, -0.2) is 0 Å². The van der Waals surface area contributed by atoms with Gasteiger partial charge in [0.25, 0.3) is 0 Å². The molecule has 1 nitrogen and oxygen atoms in total. The van der Waals surface area contributed by atoms with Gasteiger partial charge < -0.3 is 0 Å². The molecule has 1 aromatic carbocycles. The number of benzene rings is 1. The molecule has 0 atom stereocenters. The Morgan fingerprint density at radius 2 is 2.06 bits per heavy atom. The summed E-state index contributed by atoms with van der Waals surface area (Å²) in [5.41, 5.74) is 1.23. The summed E-state index contributed by atoms with van der Waals surface area (Å²) >= 11 is 3.18. The fourth-order valence-corrected chi connectivity index (χ4v) is 3.30. The van der Waals surface area contributed by atoms with Crippen LogP contribution in [0.25, 0.3) is 0 Å². The highest BCUT2D eigenvalue weighted by Crippen LogP contribution is 2.22. The van der Waals surface area contributed by atoms with Gasteiger partial charge in [0.15, 0.2) is 5.78 Å². The van der Waals surface area contributed by atoms with E-state index in [1.54, 1.807) is 23.1 Å². The molecule has 88 valence electrons. The highest BCUT2D eigenvalue weighted by atomic mass is 32.2. The van der Waals surface area contributed by atoms with Crippen LogP contribution in [-0.4, -0.2) is 11.5 Å². The lowest BCUT2D eigenvalue weighted by molar-refractivity contribution is 0.102. The van der Waals surface area contributed by atoms with E-state index in [1.165, 1.54) is 10.4 Å². The summed E-state index contributed by atoms with van der Waals surface area (Å²) in [6.45, 7) is 4.09. The third-order valence-electron chi connectivity index (χ3n) is 2.37. The van der Waals surface area contributed by atoms with E-state index >= 15 is 0 Å². The summed E-state index contributed by atoms with van der Waals surface area (Å²) in [7, 11) is 0. The number of carbonyl (C=O) groups is 1. The first-order chi connectivity index (χ1) is 8.15. The number of hydrogen-bond acceptors (Lipinski definition) is 3. The van der Waals surface area contributed by atoms with E-state index < -0.39 is 0 Å². The molecule has 0 unspecified atom stereocenters. The minimum absolute atomic E-state index is 0.217. The average molecular weight is 262 g/mol. The van der Waals surface area contributed by atoms with Crippen molar-refractivity contribution in [2.24, 2.45) is 0 Å². The lowest BCUT2D eigenvalue weighted by Crippen LogP contribution is -1.98. The van der Waals surface area contributed by atoms with Crippen molar-refractivity contribution in [2.45, 2.75) is 18.7 Å². The van der Waals surface area contributed by atoms with Gasteiger partial charge in [0.2, 0.25) is 0 Å². The molecule has 0 amide bonds. The molecule has 2 rings (SSSR count). The van der Waals surface area contributed by atoms with Crippen LogP contribution in [0.4, 0.5) is 0 Å². The van der Waals surface area contributed by atoms with Crippen LogP contribution in [0.1, 0.15) is 20.1 Å². The van der Waals surface area contributed by atoms with Crippen LogP contribution in [0, 0.1) is 13.8 Å². The third kappa shape index (κ3) is 3.45. The summed E-state index contributed by atoms with van der Waals surface area (Å²) in [4.78, 5) is 15.1. The van der Waals surface area contributed by atoms with Gasteiger partial charge in [-0.2, -0.15) is 0 Å². The zero-order valence-electron chi connectivity index (χ0n) is 9.90. The van der Waals surface area contributed by atoms with Gasteiger partial charge in [0.05, 0.1) is 10.6 Å². The Balaban J connectivity index is 1.97. The molecule has 0 saturated carbocycles. The predicted octanol–water partition coefficient (Wildman–Crippen LogP) is 4.34. The van der Waals surface area contributed by atoms with Crippen LogP contribution in [0.2, 0.25) is 0 Å². The van der Waals surface area contributed by atoms with E-state index in [1.807, 2.05) is 31.2 Å². The minimum Gasteiger partial charge on any atom is -0.292 e. The van der Waals surface area contributed by atoms with Gasteiger partial charge in [0, 0.05) is 9.77 Å². The number of thioether (sulfide) groups is 1. The minimum atomic E-state index is 0.217. The van der Waals surface area contributed by atoms with Crippen molar-refractivity contribution in [3.05, 3.63) is 51.7 Å². The van der Waals surface area contributed by atoms with Crippen molar-refractivity contribution < 1.29 is 4.79 Å². The van der Waals surface area contributed by atoms with Crippen molar-refractivity contribution in [2.75, 3.05) is 5.75 Å². The maximum Gasteiger partial charge on any atom is 0.182 e. The van der Waals surface area contributed by atoms with Crippen LogP contribution < -0.4 is 0 Å². The summed E-state index contributed by atoms with van der Waals surface area (Å²) in [6.07, 6.45) is 0. The number of carbonyl (C=O) groups excluding carboxylic acids is 1. The third-order valence-corrected chi connectivity index (χ3v) is 4.41. The molecule has 0 fully saturated rings. The van der Waals surface area contributed by atoms with Crippen LogP contribution in [0.15, 0.2) is 41.3 Å². The van der Waals surface area contributed by atoms with E-state index in [-0.39, 0.29) is 5.78 Å². The molecule has 0 N–H and O–H groups in total. The van der Waals surface area contributed by atoms with Crippen molar-refractivity contribution in [1.82, 2.24) is 0 Å². The summed E-state index contributed by atoms with van der Waals surface area (Å²) in [6, 6.07) is 12.2. The molecule has 0 aliphatic heterocycles. The van der Waals surface area contributed by atoms with Crippen LogP contribution in [0.3, 0.4) is 0 Å². The van der Waals surface area contributed by atoms with Gasteiger partial charge in [-0.15, -0.1) is 23.1 Å². The molecule has 0 spiro atoms. The largest absolute Gasteiger partial charge is 0.292 e. The van der Waals surface area contributed by atoms with Gasteiger partial charge in [-0.3, -0.25) is 4.79 Å². The topological polar surface area (TPSA) is 17.1 Å². The molecule has 2 aromatic rings. The molecule has 3 heteroatoms. The van der Waals surface area contributed by atoms with Gasteiger partial charge in [-0.05, 0) is 38.1 Å². The molecular formula is C14H14OS2. The van der Waals surface area contributed by atoms with E-state index in [4.69, 9.17) is 0 Å². The number of thiophene rings is 1. The Kier molecular flexibility index (Phi) is 4.02. The molecule has 1 heterocycles. The Labute approximate surface area is 110 Å². The number of aryl methyl sites for hydroxylation is 2. The molecule has 0 aliphatic carbocycles. The predicted molar refractivity (Wildman–Crippen MR) is 75.3 cm³/mol. The second kappa shape index (κ2) is 5.52. The Hall–Kier alpha value is -1.06. The standard InChI is InChI=1S/C14H14OS2/c1-10-4-3-5-12(8-10)16-9-13(15)14-7-6-11(2)17-14/h3-8H,9H2,1-2H3. The van der Waals surface area contributed by atoms with Crippen LogP contribution in [-0.2, 0) is 0 Å². The highest BCUT2D eigenvalue weighted by Gasteiger charge is 2.08. The van der Waals surface area contributed by atoms with Gasteiger partial charge >= 0.3 is 0 Å². The number of rotatable bonds is 4. The molecule has 0 saturated heterocycles. The maximum absolute atomic E-state index is 11.9. The Bertz CT molecular complexity index is 529. The fraction of sp³-hybridized carbons (Fsp3) is 0.214. The van der Waals surface area contributed by atoms with Crippen molar-refractivity contribution in [3.8, 4) is 0 Å². The van der Waals surface area contributed by atoms with Gasteiger partial charge in [0.1, 0.15) is 0 Å². The lowest BCUT2D eigenvalue weighted by Gasteiger charge is -2.01. The molecule has 0 aliphatic rings. The molecule has 0 bridgehead atoms. The van der Waals surface area contributed by atoms with E-state index in [0.717, 1.165) is 9.77 Å². The number of ketones is 1. The zero-order valence-corrected chi connectivity index (χ0v) is 11.5. The van der Waals surface area contributed by atoms with Crippen molar-refractivity contribution in [1.29, 1.82) is 0 Å². The quantitative estimate of drug-likeness (QED) is 0.602. The number of Topliss-reactive ketones (excluding diaryl/α,β-unsaturated/α-hetero) is 1. The first-order valence-electron chi connectivity index (χ1n) is 5.44. The average Bonchev–Trinajstić information content (AvgIpc) is 2.73. The van der Waals surface area contributed by atoms with E-state index in [2.05, 4.69) is 19.1 Å². The zero-order chi connectivity index (χ0) is 12.3. The second-order valence-corrected chi connectivity index (χ2v) is 6.28. The first-order valence-corrected chi connectivity index (χ1v) is 7.24. The normalized spacial score (nSPS) is 10.5. The van der Waals surface area contributed by atoms with Crippen molar-refractivity contribution in [3.63, 3.8) is 0 Å². The second-order valence-electron chi connectivity index (χ2n) is 3.94. The maximum atomic E-state index is 11.9. The first kappa shape index (κ1) is 12.4. The summed E-state index contributed by atoms with van der Waals surface area (Å²) in [5.74, 6) is 0.734. The van der Waals surface area contributed by atoms with E-state index in [0.29, 0.717) is 5.75 Å². The molecule has 0 radical (unpaired) electrons. The Morgan fingerprint density at radius 3 is 2.71 bits per heavy atom. The fourth-order valence-electron chi connectivity index (χ4n) is 1.51.